The third-order valence-corrected chi connectivity index (χ3v) is 9.03. The van der Waals surface area contributed by atoms with Gasteiger partial charge in [-0.25, -0.2) is 21.6 Å². The molecule has 0 saturated carbocycles. The van der Waals surface area contributed by atoms with E-state index in [1.807, 2.05) is 60.7 Å². The van der Waals surface area contributed by atoms with Crippen molar-refractivity contribution in [1.29, 1.82) is 0 Å². The van der Waals surface area contributed by atoms with E-state index in [1.54, 1.807) is 0 Å². The Labute approximate surface area is 190 Å². The second kappa shape index (κ2) is 9.54. The number of benzene rings is 3. The molecular weight excluding hydrogens is 444 g/mol. The Morgan fingerprint density at radius 1 is 0.781 bits per heavy atom. The standard InChI is InChI=1S/C24H26N2O4S2/c27-31(28,25-18-20-8-3-1-4-9-20)23-13-15-24(16-14-23)32(29,30)26-17-7-12-22(19-26)21-10-5-2-6-11-21/h1-6,8-11,13-16,22,25H,7,12,17-19H2. The number of hydrogen-bond donors (Lipinski definition) is 1. The highest BCUT2D eigenvalue weighted by atomic mass is 32.2. The molecular formula is C24H26N2O4S2. The molecule has 1 unspecified atom stereocenters. The topological polar surface area (TPSA) is 83.5 Å². The molecule has 0 aromatic heterocycles. The summed E-state index contributed by atoms with van der Waals surface area (Å²) >= 11 is 0. The van der Waals surface area contributed by atoms with Crippen molar-refractivity contribution in [3.05, 3.63) is 96.1 Å². The van der Waals surface area contributed by atoms with Gasteiger partial charge in [0.2, 0.25) is 20.0 Å². The Hall–Kier alpha value is -2.52. The minimum absolute atomic E-state index is 0.0354. The maximum absolute atomic E-state index is 13.2. The summed E-state index contributed by atoms with van der Waals surface area (Å²) in [5.74, 6) is 0.154. The number of sulfonamides is 2. The number of hydrogen-bond acceptors (Lipinski definition) is 4. The van der Waals surface area contributed by atoms with Crippen LogP contribution in [0, 0.1) is 0 Å². The van der Waals surface area contributed by atoms with Crippen molar-refractivity contribution in [2.45, 2.75) is 35.1 Å². The maximum Gasteiger partial charge on any atom is 0.243 e. The summed E-state index contributed by atoms with van der Waals surface area (Å²) < 4.78 is 55.6. The van der Waals surface area contributed by atoms with Crippen LogP contribution in [0.5, 0.6) is 0 Å². The molecule has 1 aliphatic rings. The first-order chi connectivity index (χ1) is 15.4. The fourth-order valence-corrected chi connectivity index (χ4v) is 6.50. The van der Waals surface area contributed by atoms with Gasteiger partial charge < -0.3 is 0 Å². The van der Waals surface area contributed by atoms with E-state index in [0.29, 0.717) is 13.1 Å². The molecule has 32 heavy (non-hydrogen) atoms. The summed E-state index contributed by atoms with van der Waals surface area (Å²) in [6.45, 7) is 1.05. The highest BCUT2D eigenvalue weighted by Crippen LogP contribution is 2.30. The van der Waals surface area contributed by atoms with Crippen molar-refractivity contribution < 1.29 is 16.8 Å². The molecule has 4 rings (SSSR count). The van der Waals surface area contributed by atoms with Gasteiger partial charge in [-0.15, -0.1) is 0 Å². The molecule has 3 aromatic rings. The predicted molar refractivity (Wildman–Crippen MR) is 124 cm³/mol. The van der Waals surface area contributed by atoms with E-state index in [2.05, 4.69) is 4.72 Å². The molecule has 6 nitrogen and oxygen atoms in total. The Morgan fingerprint density at radius 3 is 2.03 bits per heavy atom. The number of rotatable bonds is 7. The second-order valence-electron chi connectivity index (χ2n) is 7.89. The molecule has 0 spiro atoms. The van der Waals surface area contributed by atoms with Gasteiger partial charge in [0.1, 0.15) is 0 Å². The first kappa shape index (κ1) is 22.7. The summed E-state index contributed by atoms with van der Waals surface area (Å²) in [6.07, 6.45) is 1.73. The largest absolute Gasteiger partial charge is 0.243 e. The van der Waals surface area contributed by atoms with Crippen LogP contribution >= 0.6 is 0 Å². The number of nitrogens with one attached hydrogen (secondary N) is 1. The SMILES string of the molecule is O=S(=O)(NCc1ccccc1)c1ccc(S(=O)(=O)N2CCCC(c3ccccc3)C2)cc1. The van der Waals surface area contributed by atoms with Crippen molar-refractivity contribution in [3.8, 4) is 0 Å². The van der Waals surface area contributed by atoms with Crippen molar-refractivity contribution in [2.75, 3.05) is 13.1 Å². The molecule has 0 bridgehead atoms. The zero-order chi connectivity index (χ0) is 22.6. The van der Waals surface area contributed by atoms with Crippen LogP contribution in [0.25, 0.3) is 0 Å². The molecule has 168 valence electrons. The van der Waals surface area contributed by atoms with Crippen LogP contribution in [-0.4, -0.2) is 34.2 Å². The lowest BCUT2D eigenvalue weighted by molar-refractivity contribution is 0.315. The van der Waals surface area contributed by atoms with Crippen molar-refractivity contribution in [1.82, 2.24) is 9.03 Å². The summed E-state index contributed by atoms with van der Waals surface area (Å²) in [7, 11) is -7.45. The molecule has 8 heteroatoms. The first-order valence-electron chi connectivity index (χ1n) is 10.5. The Kier molecular flexibility index (Phi) is 6.76. The number of nitrogens with zero attached hydrogens (tertiary/aromatic N) is 1. The van der Waals surface area contributed by atoms with E-state index in [0.717, 1.165) is 24.0 Å². The highest BCUT2D eigenvalue weighted by molar-refractivity contribution is 7.89. The summed E-state index contributed by atoms with van der Waals surface area (Å²) in [6, 6.07) is 24.6. The molecule has 0 aliphatic carbocycles. The fraction of sp³-hybridized carbons (Fsp3) is 0.250. The highest BCUT2D eigenvalue weighted by Gasteiger charge is 2.31. The minimum Gasteiger partial charge on any atom is -0.207 e. The maximum atomic E-state index is 13.2. The smallest absolute Gasteiger partial charge is 0.207 e. The van der Waals surface area contributed by atoms with Gasteiger partial charge in [0.05, 0.1) is 9.79 Å². The average Bonchev–Trinajstić information content (AvgIpc) is 2.84. The van der Waals surface area contributed by atoms with E-state index in [4.69, 9.17) is 0 Å². The molecule has 1 N–H and O–H groups in total. The van der Waals surface area contributed by atoms with Crippen LogP contribution in [0.15, 0.2) is 94.7 Å². The Bertz CT molecular complexity index is 1240. The Balaban J connectivity index is 1.47. The third kappa shape index (κ3) is 5.10. The molecule has 0 radical (unpaired) electrons. The lowest BCUT2D eigenvalue weighted by Crippen LogP contribution is -2.39. The molecule has 1 aliphatic heterocycles. The lowest BCUT2D eigenvalue weighted by atomic mass is 9.92. The summed E-state index contributed by atoms with van der Waals surface area (Å²) in [4.78, 5) is 0.140. The van der Waals surface area contributed by atoms with Crippen molar-refractivity contribution in [3.63, 3.8) is 0 Å². The van der Waals surface area contributed by atoms with Gasteiger partial charge >= 0.3 is 0 Å². The van der Waals surface area contributed by atoms with Gasteiger partial charge in [0.15, 0.2) is 0 Å². The van der Waals surface area contributed by atoms with Crippen molar-refractivity contribution >= 4 is 20.0 Å². The average molecular weight is 471 g/mol. The van der Waals surface area contributed by atoms with Crippen LogP contribution < -0.4 is 4.72 Å². The van der Waals surface area contributed by atoms with Gasteiger partial charge in [-0.05, 0) is 54.2 Å². The van der Waals surface area contributed by atoms with Crippen LogP contribution in [0.4, 0.5) is 0 Å². The van der Waals surface area contributed by atoms with Crippen LogP contribution in [0.2, 0.25) is 0 Å². The normalized spacial score (nSPS) is 17.8. The summed E-state index contributed by atoms with van der Waals surface area (Å²) in [5, 5.41) is 0. The molecule has 1 heterocycles. The van der Waals surface area contributed by atoms with E-state index < -0.39 is 20.0 Å². The van der Waals surface area contributed by atoms with Gasteiger partial charge in [0, 0.05) is 19.6 Å². The zero-order valence-electron chi connectivity index (χ0n) is 17.6. The minimum atomic E-state index is -3.75. The predicted octanol–water partition coefficient (Wildman–Crippen LogP) is 3.73. The van der Waals surface area contributed by atoms with E-state index in [-0.39, 0.29) is 22.3 Å². The van der Waals surface area contributed by atoms with Crippen LogP contribution in [0.3, 0.4) is 0 Å². The lowest BCUT2D eigenvalue weighted by Gasteiger charge is -2.32. The number of piperidine rings is 1. The van der Waals surface area contributed by atoms with Crippen molar-refractivity contribution in [2.24, 2.45) is 0 Å². The quantitative estimate of drug-likeness (QED) is 0.570. The third-order valence-electron chi connectivity index (χ3n) is 5.74. The van der Waals surface area contributed by atoms with Gasteiger partial charge in [-0.1, -0.05) is 60.7 Å². The molecule has 1 fully saturated rings. The van der Waals surface area contributed by atoms with Gasteiger partial charge in [0.25, 0.3) is 0 Å². The van der Waals surface area contributed by atoms with E-state index >= 15 is 0 Å². The monoisotopic (exact) mass is 470 g/mol. The zero-order valence-corrected chi connectivity index (χ0v) is 19.2. The van der Waals surface area contributed by atoms with Gasteiger partial charge in [-0.2, -0.15) is 4.31 Å². The summed E-state index contributed by atoms with van der Waals surface area (Å²) in [5.41, 5.74) is 1.98. The second-order valence-corrected chi connectivity index (χ2v) is 11.6. The van der Waals surface area contributed by atoms with E-state index in [9.17, 15) is 16.8 Å². The molecule has 1 saturated heterocycles. The van der Waals surface area contributed by atoms with Crippen LogP contribution in [-0.2, 0) is 26.6 Å². The molecule has 3 aromatic carbocycles. The Morgan fingerprint density at radius 2 is 1.38 bits per heavy atom. The first-order valence-corrected chi connectivity index (χ1v) is 13.5. The molecule has 1 atom stereocenters. The van der Waals surface area contributed by atoms with E-state index in [1.165, 1.54) is 28.6 Å². The molecule has 0 amide bonds. The van der Waals surface area contributed by atoms with Gasteiger partial charge in [-0.3, -0.25) is 0 Å². The van der Waals surface area contributed by atoms with Crippen LogP contribution in [0.1, 0.15) is 29.9 Å². The fourth-order valence-electron chi connectivity index (χ4n) is 3.96.